The Morgan fingerprint density at radius 1 is 0.180 bits per heavy atom. The Kier molecular flexibility index (Phi) is 16.2. The summed E-state index contributed by atoms with van der Waals surface area (Å²) in [7, 11) is 0. The van der Waals surface area contributed by atoms with Crippen LogP contribution in [0.2, 0.25) is 0 Å². The third-order valence-electron chi connectivity index (χ3n) is 18.1. The van der Waals surface area contributed by atoms with Gasteiger partial charge in [0.05, 0.1) is 5.69 Å². The monoisotopic (exact) mass is 1280 g/mol. The summed E-state index contributed by atoms with van der Waals surface area (Å²) in [5.41, 5.74) is 29.0. The molecule has 472 valence electrons. The smallest absolute Gasteiger partial charge is 0.161 e. The highest BCUT2D eigenvalue weighted by molar-refractivity contribution is 6.09. The zero-order chi connectivity index (χ0) is 66.6. The van der Waals surface area contributed by atoms with E-state index < -0.39 is 0 Å². The number of benzene rings is 12. The lowest BCUT2D eigenvalue weighted by atomic mass is 9.98. The van der Waals surface area contributed by atoms with Crippen LogP contribution < -0.4 is 0 Å². The Hall–Kier alpha value is -13.6. The van der Waals surface area contributed by atoms with Gasteiger partial charge in [-0.1, -0.05) is 237 Å². The number of nitrogens with zero attached hydrogens (tertiary/aromatic N) is 4. The Morgan fingerprint density at radius 3 is 1.12 bits per heavy atom. The number of fused-ring (bicyclic) bond motifs is 12. The van der Waals surface area contributed by atoms with Crippen molar-refractivity contribution in [3.05, 3.63) is 364 Å². The average molecular weight is 1290 g/mol. The first kappa shape index (κ1) is 60.1. The zero-order valence-corrected chi connectivity index (χ0v) is 54.1. The molecule has 0 radical (unpaired) electrons. The minimum atomic E-state index is 0.823. The SMILES string of the molecule is c1ccc(-c2cccc(-c3ccc4oc5ccccc5c4n3)c2)cc1.c1ccc(-c2cccc(-c3ccc4oc5cccnc5c4c3)c2)cc1.c1ccc(-c2cccc(-c3cccc4c3oc3cccnc34)c2)cc1.c1ccc(-c2cccc(-c3ccnc4c3oc3ccccc34)c2)cc1. The molecule has 0 bridgehead atoms. The molecule has 0 unspecified atom stereocenters. The molecule has 0 amide bonds. The Labute approximate surface area is 576 Å². The van der Waals surface area contributed by atoms with E-state index in [0.29, 0.717) is 0 Å². The second-order valence-corrected chi connectivity index (χ2v) is 24.4. The van der Waals surface area contributed by atoms with Crippen LogP contribution in [0.1, 0.15) is 0 Å². The lowest BCUT2D eigenvalue weighted by molar-refractivity contribution is 0.668. The first-order valence-corrected chi connectivity index (χ1v) is 33.3. The van der Waals surface area contributed by atoms with Crippen molar-refractivity contribution in [2.24, 2.45) is 0 Å². The summed E-state index contributed by atoms with van der Waals surface area (Å²) >= 11 is 0. The van der Waals surface area contributed by atoms with E-state index in [1.54, 1.807) is 12.4 Å². The summed E-state index contributed by atoms with van der Waals surface area (Å²) < 4.78 is 24.0. The molecule has 0 spiro atoms. The molecule has 0 N–H and O–H groups in total. The van der Waals surface area contributed by atoms with E-state index in [0.717, 1.165) is 122 Å². The van der Waals surface area contributed by atoms with E-state index in [2.05, 4.69) is 252 Å². The maximum absolute atomic E-state index is 6.12. The van der Waals surface area contributed by atoms with Gasteiger partial charge in [0.1, 0.15) is 44.4 Å². The summed E-state index contributed by atoms with van der Waals surface area (Å²) in [5.74, 6) is 0. The second kappa shape index (κ2) is 26.9. The summed E-state index contributed by atoms with van der Waals surface area (Å²) in [6, 6.07) is 118. The maximum Gasteiger partial charge on any atom is 0.161 e. The van der Waals surface area contributed by atoms with Gasteiger partial charge in [-0.05, 0) is 176 Å². The number of rotatable bonds is 8. The van der Waals surface area contributed by atoms with Crippen molar-refractivity contribution in [2.45, 2.75) is 0 Å². The van der Waals surface area contributed by atoms with Crippen molar-refractivity contribution in [2.75, 3.05) is 0 Å². The Balaban J connectivity index is 0.0000000997. The molecule has 0 aliphatic rings. The van der Waals surface area contributed by atoms with Crippen LogP contribution >= 0.6 is 0 Å². The zero-order valence-electron chi connectivity index (χ0n) is 54.1. The van der Waals surface area contributed by atoms with Gasteiger partial charge >= 0.3 is 0 Å². The molecule has 0 aliphatic heterocycles. The summed E-state index contributed by atoms with van der Waals surface area (Å²) in [6.45, 7) is 0. The normalized spacial score (nSPS) is 11.2. The van der Waals surface area contributed by atoms with E-state index in [1.807, 2.05) is 115 Å². The van der Waals surface area contributed by atoms with Crippen LogP contribution in [0.5, 0.6) is 0 Å². The van der Waals surface area contributed by atoms with Gasteiger partial charge in [-0.25, -0.2) is 4.98 Å². The fourth-order valence-electron chi connectivity index (χ4n) is 13.2. The molecule has 8 nitrogen and oxygen atoms in total. The minimum Gasteiger partial charge on any atom is -0.454 e. The lowest BCUT2D eigenvalue weighted by Crippen LogP contribution is -1.85. The van der Waals surface area contributed by atoms with Crippen molar-refractivity contribution < 1.29 is 17.7 Å². The Bertz CT molecular complexity index is 5890. The molecular formula is C92H60N4O4. The van der Waals surface area contributed by atoms with Crippen LogP contribution in [0.25, 0.3) is 177 Å². The van der Waals surface area contributed by atoms with Crippen molar-refractivity contribution >= 4 is 88.3 Å². The summed E-state index contributed by atoms with van der Waals surface area (Å²) in [5, 5.41) is 4.22. The van der Waals surface area contributed by atoms with Crippen LogP contribution in [0.15, 0.2) is 382 Å². The van der Waals surface area contributed by atoms with Crippen LogP contribution in [0, 0.1) is 0 Å². The first-order chi connectivity index (χ1) is 49.6. The molecule has 8 heterocycles. The molecule has 8 heteroatoms. The third kappa shape index (κ3) is 12.1. The lowest BCUT2D eigenvalue weighted by Gasteiger charge is -2.06. The number of hydrogen-bond acceptors (Lipinski definition) is 8. The van der Waals surface area contributed by atoms with Crippen molar-refractivity contribution in [3.63, 3.8) is 0 Å². The van der Waals surface area contributed by atoms with Crippen LogP contribution in [0.3, 0.4) is 0 Å². The molecule has 0 saturated carbocycles. The Morgan fingerprint density at radius 2 is 0.540 bits per heavy atom. The van der Waals surface area contributed by atoms with Crippen molar-refractivity contribution in [1.82, 2.24) is 19.9 Å². The summed E-state index contributed by atoms with van der Waals surface area (Å²) in [4.78, 5) is 18.4. The average Bonchev–Trinajstić information content (AvgIpc) is 1.66. The van der Waals surface area contributed by atoms with Gasteiger partial charge in [0.2, 0.25) is 0 Å². The standard InChI is InChI=1S/4C23H15NO/c1-2-7-16(8-3-1)17-9-4-10-18(15-17)19-11-5-12-20-22-21(25-23(19)20)13-6-14-24-22;1-2-6-16(7-3-1)17-8-4-9-18(14-17)19-11-12-21-20(15-19)23-22(25-21)10-5-13-24-23;1-2-7-16(8-3-1)17-9-6-10-18(15-17)19-13-14-24-22-20-11-4-5-12-21(20)25-23(19)22;1-2-7-16(8-3-1)17-9-6-10-18(15-17)20-13-14-22-23(24-20)19-11-4-5-12-21(19)25-22/h4*1-15H. The van der Waals surface area contributed by atoms with E-state index in [9.17, 15) is 0 Å². The fourth-order valence-corrected chi connectivity index (χ4v) is 13.2. The van der Waals surface area contributed by atoms with Gasteiger partial charge in [-0.15, -0.1) is 0 Å². The highest BCUT2D eigenvalue weighted by Crippen LogP contribution is 2.40. The van der Waals surface area contributed by atoms with Gasteiger partial charge in [0.25, 0.3) is 0 Å². The molecule has 20 rings (SSSR count). The molecule has 0 atom stereocenters. The van der Waals surface area contributed by atoms with Gasteiger partial charge in [0, 0.05) is 56.8 Å². The van der Waals surface area contributed by atoms with Gasteiger partial charge in [-0.2, -0.15) is 0 Å². The predicted molar refractivity (Wildman–Crippen MR) is 410 cm³/mol. The molecule has 20 aromatic rings. The highest BCUT2D eigenvalue weighted by Gasteiger charge is 2.17. The van der Waals surface area contributed by atoms with Crippen LogP contribution in [-0.4, -0.2) is 19.9 Å². The van der Waals surface area contributed by atoms with E-state index in [-0.39, 0.29) is 0 Å². The molecule has 100 heavy (non-hydrogen) atoms. The van der Waals surface area contributed by atoms with E-state index >= 15 is 0 Å². The predicted octanol–water partition coefficient (Wildman–Crippen LogP) is 25.3. The fraction of sp³-hybridized carbons (Fsp3) is 0. The van der Waals surface area contributed by atoms with Crippen molar-refractivity contribution in [3.8, 4) is 89.1 Å². The van der Waals surface area contributed by atoms with Gasteiger partial charge < -0.3 is 17.7 Å². The molecule has 8 aromatic heterocycles. The molecule has 12 aromatic carbocycles. The van der Waals surface area contributed by atoms with Crippen LogP contribution in [-0.2, 0) is 0 Å². The van der Waals surface area contributed by atoms with Gasteiger partial charge in [-0.3, -0.25) is 15.0 Å². The first-order valence-electron chi connectivity index (χ1n) is 33.3. The van der Waals surface area contributed by atoms with Gasteiger partial charge in [0.15, 0.2) is 22.3 Å². The van der Waals surface area contributed by atoms with Crippen LogP contribution in [0.4, 0.5) is 0 Å². The minimum absolute atomic E-state index is 0.823. The quantitative estimate of drug-likeness (QED) is 0.148. The third-order valence-corrected chi connectivity index (χ3v) is 18.1. The number of pyridine rings is 4. The second-order valence-electron chi connectivity index (χ2n) is 24.4. The molecule has 0 fully saturated rings. The molecular weight excluding hydrogens is 1230 g/mol. The number of hydrogen-bond donors (Lipinski definition) is 0. The number of para-hydroxylation sites is 3. The van der Waals surface area contributed by atoms with E-state index in [1.165, 1.54) is 55.6 Å². The number of furan rings is 4. The highest BCUT2D eigenvalue weighted by atomic mass is 16.3. The van der Waals surface area contributed by atoms with E-state index in [4.69, 9.17) is 22.7 Å². The largest absolute Gasteiger partial charge is 0.454 e. The summed E-state index contributed by atoms with van der Waals surface area (Å²) in [6.07, 6.45) is 5.47. The maximum atomic E-state index is 6.12. The number of aromatic nitrogens is 4. The molecule has 0 aliphatic carbocycles. The van der Waals surface area contributed by atoms with Crippen molar-refractivity contribution in [1.29, 1.82) is 0 Å². The molecule has 0 saturated heterocycles. The topological polar surface area (TPSA) is 104 Å².